The fourth-order valence-electron chi connectivity index (χ4n) is 7.30. The highest BCUT2D eigenvalue weighted by Gasteiger charge is 2.21. The van der Waals surface area contributed by atoms with Crippen LogP contribution < -0.4 is 63.9 Å². The third-order valence-corrected chi connectivity index (χ3v) is 11.5. The third-order valence-electron chi connectivity index (χ3n) is 10.8. The largest absolute Gasteiger partial charge is 0.495 e. The molecule has 0 amide bonds. The van der Waals surface area contributed by atoms with Crippen LogP contribution in [0.3, 0.4) is 0 Å². The molecule has 0 fully saturated rings. The van der Waals surface area contributed by atoms with E-state index in [1.54, 1.807) is 42.5 Å². The topological polar surface area (TPSA) is 341 Å². The molecular weight excluding hydrogens is 1050 g/mol. The van der Waals surface area contributed by atoms with Gasteiger partial charge >= 0.3 is 22.8 Å². The zero-order valence-corrected chi connectivity index (χ0v) is 40.3. The van der Waals surface area contributed by atoms with Gasteiger partial charge in [0, 0.05) is 27.6 Å². The van der Waals surface area contributed by atoms with E-state index in [4.69, 9.17) is 59.8 Å². The van der Waals surface area contributed by atoms with Crippen LogP contribution in [-0.2, 0) is 0 Å². The number of aromatic nitrogens is 8. The van der Waals surface area contributed by atoms with Crippen molar-refractivity contribution in [3.05, 3.63) is 178 Å². The summed E-state index contributed by atoms with van der Waals surface area (Å²) in [4.78, 5) is 113. The van der Waals surface area contributed by atoms with E-state index >= 15 is 0 Å². The number of halogens is 4. The van der Waals surface area contributed by atoms with E-state index in [2.05, 4.69) is 29.9 Å². The van der Waals surface area contributed by atoms with E-state index in [9.17, 15) is 47.1 Å². The minimum atomic E-state index is -0.844. The number of H-pyrrole nitrogens is 4. The summed E-state index contributed by atoms with van der Waals surface area (Å²) < 4.78 is 68.7. The van der Waals surface area contributed by atoms with Crippen molar-refractivity contribution in [1.29, 1.82) is 0 Å². The number of nitrogens with one attached hydrogen (secondary N) is 4. The average Bonchev–Trinajstić information content (AvgIpc) is 3.38. The van der Waals surface area contributed by atoms with Crippen molar-refractivity contribution in [3.8, 4) is 68.8 Å². The van der Waals surface area contributed by atoms with E-state index in [-0.39, 0.29) is 78.5 Å². The number of nitrogens with zero attached hydrogens (tertiary/aromatic N) is 4. The number of methoxy groups -OCH3 is 4. The lowest BCUT2D eigenvalue weighted by Crippen LogP contribution is -2.24. The van der Waals surface area contributed by atoms with E-state index in [1.807, 2.05) is 9.97 Å². The van der Waals surface area contributed by atoms with Crippen LogP contribution in [0, 0.1) is 11.6 Å². The van der Waals surface area contributed by atoms with Gasteiger partial charge in [0.25, 0.3) is 22.2 Å². The number of rotatable bonds is 4. The molecule has 8 heterocycles. The van der Waals surface area contributed by atoms with E-state index < -0.39 is 56.6 Å². The lowest BCUT2D eigenvalue weighted by Gasteiger charge is -2.08. The predicted octanol–water partition coefficient (Wildman–Crippen LogP) is 5.54. The van der Waals surface area contributed by atoms with Gasteiger partial charge in [0.2, 0.25) is 29.4 Å². The van der Waals surface area contributed by atoms with Gasteiger partial charge in [0.1, 0.15) is 49.4 Å². The Morgan fingerprint density at radius 1 is 0.408 bits per heavy atom. The Morgan fingerprint density at radius 3 is 1.12 bits per heavy atom. The van der Waals surface area contributed by atoms with Crippen molar-refractivity contribution in [2.24, 2.45) is 0 Å². The summed E-state index contributed by atoms with van der Waals surface area (Å²) in [6.07, 6.45) is 0. The monoisotopic (exact) mass is 1080 g/mol. The Labute approximate surface area is 426 Å². The molecule has 0 aromatic heterocycles. The van der Waals surface area contributed by atoms with Gasteiger partial charge in [0.05, 0.1) is 28.4 Å². The number of ether oxygens (including phenoxy) is 4. The maximum Gasteiger partial charge on any atom is 0.351 e. The van der Waals surface area contributed by atoms with Crippen molar-refractivity contribution in [2.45, 2.75) is 0 Å². The van der Waals surface area contributed by atoms with Crippen LogP contribution in [0.5, 0.6) is 23.0 Å². The summed E-state index contributed by atoms with van der Waals surface area (Å²) in [6, 6.07) is 18.1. The molecule has 76 heavy (non-hydrogen) atoms. The summed E-state index contributed by atoms with van der Waals surface area (Å²) in [7, 11) is 5.60. The van der Waals surface area contributed by atoms with Crippen molar-refractivity contribution < 1.29 is 45.4 Å². The third kappa shape index (κ3) is 9.77. The molecule has 0 bridgehead atoms. The van der Waals surface area contributed by atoms with Crippen LogP contribution in [0.15, 0.2) is 129 Å². The highest BCUT2D eigenvalue weighted by molar-refractivity contribution is 6.36. The number of benzene rings is 4. The Kier molecular flexibility index (Phi) is 13.7. The molecule has 12 rings (SSSR count). The summed E-state index contributed by atoms with van der Waals surface area (Å²) in [5.41, 5.74) is -4.22. The van der Waals surface area contributed by atoms with Gasteiger partial charge in [-0.2, -0.15) is 24.3 Å². The van der Waals surface area contributed by atoms with Gasteiger partial charge in [-0.3, -0.25) is 39.1 Å². The predicted molar refractivity (Wildman–Crippen MR) is 266 cm³/mol. The summed E-state index contributed by atoms with van der Waals surface area (Å²) in [6.45, 7) is 0. The minimum absolute atomic E-state index is 0.00258. The first-order valence-electron chi connectivity index (χ1n) is 21.2. The highest BCUT2D eigenvalue weighted by atomic mass is 35.5. The van der Waals surface area contributed by atoms with Crippen LogP contribution in [0.4, 0.5) is 8.78 Å². The van der Waals surface area contributed by atoms with Gasteiger partial charge in [-0.15, -0.1) is 0 Å². The Bertz CT molecular complexity index is 4240. The van der Waals surface area contributed by atoms with E-state index in [0.717, 1.165) is 0 Å². The molecule has 8 aliphatic rings. The molecule has 0 atom stereocenters. The van der Waals surface area contributed by atoms with Crippen LogP contribution in [0.1, 0.15) is 0 Å². The van der Waals surface area contributed by atoms with E-state index in [1.165, 1.54) is 58.8 Å². The lowest BCUT2D eigenvalue weighted by molar-refractivity contribution is 0.384. The molecule has 0 aliphatic carbocycles. The maximum absolute atomic E-state index is 14.0. The first kappa shape index (κ1) is 50.8. The molecule has 0 spiro atoms. The molecule has 0 unspecified atom stereocenters. The Balaban J connectivity index is 0.000000124. The second-order valence-corrected chi connectivity index (χ2v) is 16.1. The Hall–Kier alpha value is -10.1. The van der Waals surface area contributed by atoms with Crippen LogP contribution in [0.2, 0.25) is 10.0 Å². The second-order valence-electron chi connectivity index (χ2n) is 15.4. The SMILES string of the molecule is COc1cc2oc3nc(=O)[nH]c(=O)c-3cc2cc1F.COc1ccc2cc3c(=O)[nH]c(=O)nc-3oc2c1Cl.COc1ccc2cc3c(=O)[nH]c(=O)nc-3oc2c1Cl.COc1ccc2cc3c(=O)[nH]c(=O)nc-3oc2c1F. The molecule has 0 saturated carbocycles. The summed E-state index contributed by atoms with van der Waals surface area (Å²) in [5.74, 6) is -0.846. The number of aromatic amines is 4. The molecule has 0 saturated heterocycles. The molecule has 4 aromatic carbocycles. The van der Waals surface area contributed by atoms with Crippen molar-refractivity contribution in [2.75, 3.05) is 28.4 Å². The average molecular weight is 1080 g/mol. The zero-order valence-electron chi connectivity index (χ0n) is 38.8. The summed E-state index contributed by atoms with van der Waals surface area (Å²) in [5, 5.41) is 2.50. The minimum Gasteiger partial charge on any atom is -0.495 e. The smallest absolute Gasteiger partial charge is 0.351 e. The van der Waals surface area contributed by atoms with Gasteiger partial charge in [-0.1, -0.05) is 23.2 Å². The van der Waals surface area contributed by atoms with Crippen molar-refractivity contribution in [1.82, 2.24) is 39.9 Å². The first-order chi connectivity index (χ1) is 36.4. The first-order valence-corrected chi connectivity index (χ1v) is 22.0. The van der Waals surface area contributed by atoms with Crippen LogP contribution in [-0.4, -0.2) is 68.3 Å². The van der Waals surface area contributed by atoms with Gasteiger partial charge in [-0.05, 0) is 66.7 Å². The van der Waals surface area contributed by atoms with Gasteiger partial charge in [-0.25, -0.2) is 23.6 Å². The fourth-order valence-corrected chi connectivity index (χ4v) is 7.87. The number of fused-ring (bicyclic) bond motifs is 8. The molecule has 8 aliphatic heterocycles. The quantitative estimate of drug-likeness (QED) is 0.157. The molecular formula is C48H28Cl2F2N8O16. The van der Waals surface area contributed by atoms with E-state index in [0.29, 0.717) is 44.2 Å². The standard InChI is InChI=1S/2C12H7ClN2O4.2C12H7FN2O4/c2*1-18-7-3-2-5-4-6-10(16)14-12(17)15-11(6)19-9(5)8(7)13;1-18-9-4-8-5(3-7(9)13)2-6-10(16)14-12(17)15-11(6)19-8;1-18-7-3-2-5-4-6-10(16)14-12(17)15-11(6)19-9(5)8(7)13/h4*2-4H,1H3,(H,14,16,17). The van der Waals surface area contributed by atoms with Crippen LogP contribution in [0.25, 0.3) is 89.7 Å². The summed E-state index contributed by atoms with van der Waals surface area (Å²) >= 11 is 12.2. The van der Waals surface area contributed by atoms with Gasteiger partial charge in [0.15, 0.2) is 34.1 Å². The number of hydrogen-bond donors (Lipinski definition) is 4. The molecule has 4 N–H and O–H groups in total. The normalized spacial score (nSPS) is 11.1. The molecule has 28 heteroatoms. The molecule has 24 nitrogen and oxygen atoms in total. The fraction of sp³-hybridized carbons (Fsp3) is 0.0833. The maximum atomic E-state index is 14.0. The Morgan fingerprint density at radius 2 is 0.737 bits per heavy atom. The lowest BCUT2D eigenvalue weighted by atomic mass is 10.1. The van der Waals surface area contributed by atoms with Crippen molar-refractivity contribution in [3.63, 3.8) is 0 Å². The highest BCUT2D eigenvalue weighted by Crippen LogP contribution is 2.37. The second kappa shape index (κ2) is 20.4. The van der Waals surface area contributed by atoms with Gasteiger partial charge < -0.3 is 36.6 Å². The zero-order chi connectivity index (χ0) is 54.3. The molecule has 4 aromatic rings. The molecule has 0 radical (unpaired) electrons. The van der Waals surface area contributed by atoms with Crippen LogP contribution >= 0.6 is 23.2 Å². The molecule has 384 valence electrons. The number of hydrogen-bond acceptors (Lipinski definition) is 20. The van der Waals surface area contributed by atoms with Crippen molar-refractivity contribution >= 4 is 67.1 Å².